The molecule has 98 valence electrons. The lowest BCUT2D eigenvalue weighted by Gasteiger charge is -2.19. The Morgan fingerprint density at radius 3 is 2.94 bits per heavy atom. The monoisotopic (exact) mass is 265 g/mol. The number of carbonyl (C=O) groups is 1. The fourth-order valence-corrected chi connectivity index (χ4v) is 3.04. The van der Waals surface area contributed by atoms with E-state index in [1.165, 1.54) is 18.2 Å². The van der Waals surface area contributed by atoms with Crippen LogP contribution in [0.5, 0.6) is 0 Å². The summed E-state index contributed by atoms with van der Waals surface area (Å²) in [5.74, 6) is 1.01. The van der Waals surface area contributed by atoms with Crippen LogP contribution in [0.15, 0.2) is 29.4 Å². The molecule has 0 spiro atoms. The molecule has 2 rings (SSSR count). The van der Waals surface area contributed by atoms with Gasteiger partial charge in [-0.05, 0) is 37.4 Å². The van der Waals surface area contributed by atoms with E-state index in [2.05, 4.69) is 10.3 Å². The van der Waals surface area contributed by atoms with E-state index < -0.39 is 0 Å². The summed E-state index contributed by atoms with van der Waals surface area (Å²) in [6.07, 6.45) is 6.85. The van der Waals surface area contributed by atoms with Crippen molar-refractivity contribution in [2.45, 2.75) is 30.2 Å². The molecule has 0 radical (unpaired) electrons. The summed E-state index contributed by atoms with van der Waals surface area (Å²) >= 11 is 1.54. The Hall–Kier alpha value is -1.07. The lowest BCUT2D eigenvalue weighted by atomic mass is 10.0. The van der Waals surface area contributed by atoms with Gasteiger partial charge in [-0.1, -0.05) is 6.42 Å². The molecule has 0 aliphatic heterocycles. The van der Waals surface area contributed by atoms with Gasteiger partial charge in [0.1, 0.15) is 0 Å². The van der Waals surface area contributed by atoms with Crippen LogP contribution in [-0.2, 0) is 4.79 Å². The molecule has 1 fully saturated rings. The third-order valence-electron chi connectivity index (χ3n) is 3.33. The number of carbonyl (C=O) groups excluding carboxylic acids is 1. The van der Waals surface area contributed by atoms with Gasteiger partial charge >= 0.3 is 0 Å². The quantitative estimate of drug-likeness (QED) is 0.790. The summed E-state index contributed by atoms with van der Waals surface area (Å²) in [5.41, 5.74) is 5.70. The number of aromatic nitrogens is 1. The molecular formula is C13H19N3OS. The predicted octanol–water partition coefficient (Wildman–Crippen LogP) is 1.42. The van der Waals surface area contributed by atoms with Crippen LogP contribution in [-0.4, -0.2) is 29.2 Å². The van der Waals surface area contributed by atoms with Crippen molar-refractivity contribution >= 4 is 17.7 Å². The summed E-state index contributed by atoms with van der Waals surface area (Å²) in [5, 5.41) is 3.09. The zero-order valence-corrected chi connectivity index (χ0v) is 11.2. The molecule has 2 atom stereocenters. The van der Waals surface area contributed by atoms with Crippen LogP contribution in [0.3, 0.4) is 0 Å². The standard InChI is InChI=1S/C13H19N3OS/c14-8-10-2-1-3-12(10)16-13(17)9-18-11-4-6-15-7-5-11/h4-7,10,12H,1-3,8-9,14H2,(H,16,17). The summed E-state index contributed by atoms with van der Waals surface area (Å²) < 4.78 is 0. The first-order valence-electron chi connectivity index (χ1n) is 6.32. The molecule has 0 bridgehead atoms. The van der Waals surface area contributed by atoms with E-state index in [-0.39, 0.29) is 11.9 Å². The van der Waals surface area contributed by atoms with Gasteiger partial charge in [-0.15, -0.1) is 11.8 Å². The van der Waals surface area contributed by atoms with E-state index >= 15 is 0 Å². The van der Waals surface area contributed by atoms with Crippen LogP contribution in [0.2, 0.25) is 0 Å². The first kappa shape index (κ1) is 13.4. The Kier molecular flexibility index (Phi) is 5.01. The molecule has 3 N–H and O–H groups in total. The van der Waals surface area contributed by atoms with Crippen molar-refractivity contribution < 1.29 is 4.79 Å². The van der Waals surface area contributed by atoms with Crippen LogP contribution in [0, 0.1) is 5.92 Å². The largest absolute Gasteiger partial charge is 0.352 e. The molecule has 0 saturated heterocycles. The zero-order valence-electron chi connectivity index (χ0n) is 10.3. The van der Waals surface area contributed by atoms with Gasteiger partial charge in [0.25, 0.3) is 0 Å². The minimum Gasteiger partial charge on any atom is -0.352 e. The minimum absolute atomic E-state index is 0.0992. The smallest absolute Gasteiger partial charge is 0.230 e. The molecule has 1 amide bonds. The summed E-state index contributed by atoms with van der Waals surface area (Å²) in [6.45, 7) is 0.669. The molecule has 1 aromatic heterocycles. The number of nitrogens with one attached hydrogen (secondary N) is 1. The molecule has 18 heavy (non-hydrogen) atoms. The maximum Gasteiger partial charge on any atom is 0.230 e. The molecule has 5 heteroatoms. The lowest BCUT2D eigenvalue weighted by molar-refractivity contribution is -0.119. The number of nitrogens with two attached hydrogens (primary N) is 1. The molecule has 1 aliphatic rings. The molecule has 4 nitrogen and oxygen atoms in total. The van der Waals surface area contributed by atoms with Gasteiger partial charge in [0.2, 0.25) is 5.91 Å². The maximum absolute atomic E-state index is 11.8. The Balaban J connectivity index is 1.75. The third kappa shape index (κ3) is 3.71. The minimum atomic E-state index is 0.0992. The fourth-order valence-electron chi connectivity index (χ4n) is 2.34. The zero-order chi connectivity index (χ0) is 12.8. The van der Waals surface area contributed by atoms with E-state index in [9.17, 15) is 4.79 Å². The predicted molar refractivity (Wildman–Crippen MR) is 73.3 cm³/mol. The van der Waals surface area contributed by atoms with Gasteiger partial charge in [0, 0.05) is 23.3 Å². The maximum atomic E-state index is 11.8. The van der Waals surface area contributed by atoms with Gasteiger partial charge < -0.3 is 11.1 Å². The number of thioether (sulfide) groups is 1. The second kappa shape index (κ2) is 6.75. The number of pyridine rings is 1. The summed E-state index contributed by atoms with van der Waals surface area (Å²) in [7, 11) is 0. The molecule has 0 aromatic carbocycles. The average Bonchev–Trinajstić information content (AvgIpc) is 2.85. The van der Waals surface area contributed by atoms with Crippen molar-refractivity contribution in [1.29, 1.82) is 0 Å². The summed E-state index contributed by atoms with van der Waals surface area (Å²) in [6, 6.07) is 4.10. The van der Waals surface area contributed by atoms with Crippen molar-refractivity contribution in [3.8, 4) is 0 Å². The second-order valence-electron chi connectivity index (χ2n) is 4.57. The van der Waals surface area contributed by atoms with Crippen molar-refractivity contribution in [2.75, 3.05) is 12.3 Å². The van der Waals surface area contributed by atoms with Crippen molar-refractivity contribution in [1.82, 2.24) is 10.3 Å². The van der Waals surface area contributed by atoms with Gasteiger partial charge in [0.15, 0.2) is 0 Å². The Morgan fingerprint density at radius 2 is 2.22 bits per heavy atom. The number of nitrogens with zero attached hydrogens (tertiary/aromatic N) is 1. The van der Waals surface area contributed by atoms with Crippen LogP contribution >= 0.6 is 11.8 Å². The van der Waals surface area contributed by atoms with Crippen LogP contribution in [0.25, 0.3) is 0 Å². The Bertz CT molecular complexity index is 385. The fraction of sp³-hybridized carbons (Fsp3) is 0.538. The molecule has 1 heterocycles. The lowest BCUT2D eigenvalue weighted by Crippen LogP contribution is -2.40. The molecule has 1 aliphatic carbocycles. The summed E-state index contributed by atoms with van der Waals surface area (Å²) in [4.78, 5) is 16.9. The van der Waals surface area contributed by atoms with E-state index in [1.54, 1.807) is 12.4 Å². The first-order chi connectivity index (χ1) is 8.79. The second-order valence-corrected chi connectivity index (χ2v) is 5.62. The normalized spacial score (nSPS) is 22.9. The molecular weight excluding hydrogens is 246 g/mol. The van der Waals surface area contributed by atoms with Gasteiger partial charge in [-0.25, -0.2) is 0 Å². The average molecular weight is 265 g/mol. The number of rotatable bonds is 5. The first-order valence-corrected chi connectivity index (χ1v) is 7.30. The van der Waals surface area contributed by atoms with Crippen molar-refractivity contribution in [3.63, 3.8) is 0 Å². The van der Waals surface area contributed by atoms with E-state index in [4.69, 9.17) is 5.73 Å². The Labute approximate surface area is 112 Å². The highest BCUT2D eigenvalue weighted by Crippen LogP contribution is 2.25. The highest BCUT2D eigenvalue weighted by atomic mass is 32.2. The van der Waals surface area contributed by atoms with Gasteiger partial charge in [-0.3, -0.25) is 9.78 Å². The van der Waals surface area contributed by atoms with E-state index in [0.717, 1.165) is 17.7 Å². The molecule has 1 saturated carbocycles. The van der Waals surface area contributed by atoms with Crippen LogP contribution in [0.1, 0.15) is 19.3 Å². The van der Waals surface area contributed by atoms with E-state index in [1.807, 2.05) is 12.1 Å². The number of hydrogen-bond acceptors (Lipinski definition) is 4. The van der Waals surface area contributed by atoms with Crippen molar-refractivity contribution in [2.24, 2.45) is 11.7 Å². The molecule has 2 unspecified atom stereocenters. The van der Waals surface area contributed by atoms with Gasteiger partial charge in [0.05, 0.1) is 5.75 Å². The topological polar surface area (TPSA) is 68.0 Å². The highest BCUT2D eigenvalue weighted by Gasteiger charge is 2.27. The SMILES string of the molecule is NCC1CCCC1NC(=O)CSc1ccncc1. The third-order valence-corrected chi connectivity index (χ3v) is 4.34. The van der Waals surface area contributed by atoms with Crippen LogP contribution in [0.4, 0.5) is 0 Å². The number of hydrogen-bond donors (Lipinski definition) is 2. The van der Waals surface area contributed by atoms with Crippen LogP contribution < -0.4 is 11.1 Å². The van der Waals surface area contributed by atoms with E-state index in [0.29, 0.717) is 18.2 Å². The highest BCUT2D eigenvalue weighted by molar-refractivity contribution is 8.00. The molecule has 1 aromatic rings. The van der Waals surface area contributed by atoms with Gasteiger partial charge in [-0.2, -0.15) is 0 Å². The number of amides is 1. The Morgan fingerprint density at radius 1 is 1.44 bits per heavy atom. The van der Waals surface area contributed by atoms with Crippen molar-refractivity contribution in [3.05, 3.63) is 24.5 Å².